The minimum atomic E-state index is 0.659. The fourth-order valence-corrected chi connectivity index (χ4v) is 3.41. The van der Waals surface area contributed by atoms with Crippen molar-refractivity contribution in [2.24, 2.45) is 0 Å². The Morgan fingerprint density at radius 2 is 1.87 bits per heavy atom. The van der Waals surface area contributed by atoms with Crippen LogP contribution in [-0.4, -0.2) is 24.6 Å². The van der Waals surface area contributed by atoms with Crippen LogP contribution < -0.4 is 15.4 Å². The van der Waals surface area contributed by atoms with Gasteiger partial charge in [-0.25, -0.2) is 0 Å². The first-order valence-corrected chi connectivity index (χ1v) is 11.6. The summed E-state index contributed by atoms with van der Waals surface area (Å²) in [5.41, 5.74) is 3.22. The molecule has 0 aliphatic heterocycles. The maximum absolute atomic E-state index is 8.81. The molecular formula is C24H32NO2PS2. The molecule has 2 aromatic carbocycles. The van der Waals surface area contributed by atoms with E-state index in [1.54, 1.807) is 4.70 Å². The molecule has 2 aromatic rings. The molecular weight excluding hydrogens is 429 g/mol. The minimum Gasteiger partial charge on any atom is -0.493 e. The lowest BCUT2D eigenvalue weighted by molar-refractivity contribution is -0.106. The van der Waals surface area contributed by atoms with Crippen LogP contribution in [0.4, 0.5) is 0 Å². The summed E-state index contributed by atoms with van der Waals surface area (Å²) in [4.78, 5) is 9.80. The Morgan fingerprint density at radius 1 is 1.23 bits per heavy atom. The number of likely N-dealkylation sites (N-methyl/N-ethyl adjacent to an activating group) is 1. The van der Waals surface area contributed by atoms with Gasteiger partial charge in [0.05, 0.1) is 6.61 Å². The molecule has 0 aliphatic carbocycles. The van der Waals surface area contributed by atoms with Crippen molar-refractivity contribution < 1.29 is 9.53 Å². The molecule has 0 heterocycles. The van der Waals surface area contributed by atoms with Crippen molar-refractivity contribution in [1.29, 1.82) is 0 Å². The zero-order valence-electron chi connectivity index (χ0n) is 18.2. The first kappa shape index (κ1) is 28.1. The molecule has 2 rings (SSSR count). The van der Waals surface area contributed by atoms with Crippen molar-refractivity contribution >= 4 is 55.6 Å². The van der Waals surface area contributed by atoms with E-state index in [0.29, 0.717) is 6.61 Å². The van der Waals surface area contributed by atoms with Gasteiger partial charge in [-0.1, -0.05) is 80.8 Å². The van der Waals surface area contributed by atoms with Gasteiger partial charge < -0.3 is 14.8 Å². The number of hydrogen-bond donors (Lipinski definition) is 1. The van der Waals surface area contributed by atoms with E-state index in [0.717, 1.165) is 39.9 Å². The van der Waals surface area contributed by atoms with Crippen LogP contribution in [0, 0.1) is 0 Å². The predicted molar refractivity (Wildman–Crippen MR) is 142 cm³/mol. The second-order valence-corrected chi connectivity index (χ2v) is 7.63. The Hall–Kier alpha value is -1.94. The maximum Gasteiger partial charge on any atom is 0.119 e. The zero-order valence-corrected chi connectivity index (χ0v) is 21.0. The summed E-state index contributed by atoms with van der Waals surface area (Å²) in [5, 5.41) is 4.14. The van der Waals surface area contributed by atoms with Crippen molar-refractivity contribution in [2.45, 2.75) is 27.2 Å². The van der Waals surface area contributed by atoms with E-state index in [4.69, 9.17) is 21.7 Å². The van der Waals surface area contributed by atoms with Gasteiger partial charge >= 0.3 is 0 Å². The average Bonchev–Trinajstić information content (AvgIpc) is 2.77. The van der Waals surface area contributed by atoms with Crippen LogP contribution in [0.15, 0.2) is 65.7 Å². The number of aldehydes is 1. The van der Waals surface area contributed by atoms with Gasteiger partial charge in [0, 0.05) is 28.8 Å². The lowest BCUT2D eigenvalue weighted by Gasteiger charge is -2.11. The highest BCUT2D eigenvalue weighted by Gasteiger charge is 2.05. The van der Waals surface area contributed by atoms with Crippen LogP contribution in [0.3, 0.4) is 0 Å². The van der Waals surface area contributed by atoms with E-state index in [2.05, 4.69) is 39.3 Å². The minimum absolute atomic E-state index is 0.659. The Bertz CT molecular complexity index is 808. The number of thioether (sulfide) groups is 1. The third-order valence-corrected chi connectivity index (χ3v) is 5.12. The number of nitrogens with one attached hydrogen (secondary N) is 1. The summed E-state index contributed by atoms with van der Waals surface area (Å²) in [6.07, 6.45) is 3.72. The van der Waals surface area contributed by atoms with Gasteiger partial charge in [0.1, 0.15) is 12.0 Å². The summed E-state index contributed by atoms with van der Waals surface area (Å²) in [6, 6.07) is 16.4. The van der Waals surface area contributed by atoms with Crippen LogP contribution in [0.1, 0.15) is 31.9 Å². The maximum atomic E-state index is 8.81. The van der Waals surface area contributed by atoms with Crippen molar-refractivity contribution in [3.8, 4) is 5.75 Å². The molecule has 0 saturated carbocycles. The number of thiocarbonyl (C=S) groups is 1. The molecule has 1 unspecified atom stereocenters. The first-order valence-electron chi connectivity index (χ1n) is 9.70. The van der Waals surface area contributed by atoms with E-state index in [1.165, 1.54) is 24.2 Å². The van der Waals surface area contributed by atoms with Gasteiger partial charge in [-0.05, 0) is 41.6 Å². The van der Waals surface area contributed by atoms with Gasteiger partial charge in [0.25, 0.3) is 0 Å². The molecule has 0 aliphatic rings. The van der Waals surface area contributed by atoms with Crippen LogP contribution in [0.2, 0.25) is 0 Å². The molecule has 1 N–H and O–H groups in total. The molecule has 0 spiro atoms. The third kappa shape index (κ3) is 11.3. The van der Waals surface area contributed by atoms with E-state index in [-0.39, 0.29) is 0 Å². The molecule has 0 fully saturated rings. The van der Waals surface area contributed by atoms with Gasteiger partial charge in [-0.3, -0.25) is 0 Å². The Balaban J connectivity index is 0.00000154. The summed E-state index contributed by atoms with van der Waals surface area (Å²) in [7, 11) is 4.62. The van der Waals surface area contributed by atoms with Crippen LogP contribution in [0.25, 0.3) is 6.08 Å². The standard InChI is InChI=1S/C20H22NOPS2.C2H4O.C2H6/c1-15(21-2)20(25-14-24)12-17-8-9-18(13-19(17)23)22-11-10-16-6-4-3-5-7-16;1-2-3;1-2/h3-9,12-14,21H,1,10-11,23H2,2H3;2H,1H3;1-2H3/b20-12-;;. The third-order valence-electron chi connectivity index (χ3n) is 3.62. The Kier molecular flexibility index (Phi) is 16.7. The molecule has 0 saturated heterocycles. The summed E-state index contributed by atoms with van der Waals surface area (Å²) in [6.45, 7) is 10.1. The van der Waals surface area contributed by atoms with Crippen LogP contribution in [-0.2, 0) is 11.2 Å². The quantitative estimate of drug-likeness (QED) is 0.221. The van der Waals surface area contributed by atoms with Crippen molar-refractivity contribution in [1.82, 2.24) is 5.32 Å². The fraction of sp³-hybridized carbons (Fsp3) is 0.250. The number of hydrogen-bond acceptors (Lipinski definition) is 5. The van der Waals surface area contributed by atoms with E-state index in [1.807, 2.05) is 57.3 Å². The number of ether oxygens (including phenoxy) is 1. The van der Waals surface area contributed by atoms with Gasteiger partial charge in [0.2, 0.25) is 0 Å². The van der Waals surface area contributed by atoms with E-state index >= 15 is 0 Å². The van der Waals surface area contributed by atoms with E-state index in [9.17, 15) is 0 Å². The number of carbonyl (C=O) groups excluding carboxylic acids is 1. The molecule has 0 amide bonds. The highest BCUT2D eigenvalue weighted by atomic mass is 32.2. The number of rotatable bonds is 9. The SMILES string of the molecule is C=C(NC)/C(=C/c1ccc(OCCc2ccccc2)cc1P)SC=S.CC.CC=O. The fourth-order valence-electron chi connectivity index (χ4n) is 2.21. The largest absolute Gasteiger partial charge is 0.493 e. The molecule has 6 heteroatoms. The van der Waals surface area contributed by atoms with Crippen LogP contribution in [0.5, 0.6) is 5.75 Å². The molecule has 0 aromatic heterocycles. The average molecular weight is 462 g/mol. The highest BCUT2D eigenvalue weighted by Crippen LogP contribution is 2.24. The van der Waals surface area contributed by atoms with Crippen molar-refractivity contribution in [3.05, 3.63) is 76.8 Å². The lowest BCUT2D eigenvalue weighted by Crippen LogP contribution is -2.07. The highest BCUT2D eigenvalue weighted by molar-refractivity contribution is 8.23. The number of benzene rings is 2. The normalized spacial score (nSPS) is 9.83. The Morgan fingerprint density at radius 3 is 2.40 bits per heavy atom. The van der Waals surface area contributed by atoms with Gasteiger partial charge in [-0.15, -0.1) is 9.24 Å². The second kappa shape index (κ2) is 17.9. The Labute approximate surface area is 193 Å². The monoisotopic (exact) mass is 461 g/mol. The topological polar surface area (TPSA) is 38.3 Å². The predicted octanol–water partition coefficient (Wildman–Crippen LogP) is 5.80. The molecule has 30 heavy (non-hydrogen) atoms. The number of carbonyl (C=O) groups is 1. The lowest BCUT2D eigenvalue weighted by atomic mass is 10.1. The molecule has 162 valence electrons. The summed E-state index contributed by atoms with van der Waals surface area (Å²) in [5.74, 6) is 0.870. The van der Waals surface area contributed by atoms with Gasteiger partial charge in [-0.2, -0.15) is 0 Å². The molecule has 3 nitrogen and oxygen atoms in total. The second-order valence-electron chi connectivity index (χ2n) is 5.56. The zero-order chi connectivity index (χ0) is 22.8. The summed E-state index contributed by atoms with van der Waals surface area (Å²) < 4.78 is 7.51. The van der Waals surface area contributed by atoms with E-state index < -0.39 is 0 Å². The smallest absolute Gasteiger partial charge is 0.119 e. The molecule has 0 bridgehead atoms. The van der Waals surface area contributed by atoms with Crippen LogP contribution >= 0.6 is 33.2 Å². The first-order chi connectivity index (χ1) is 14.5. The summed E-state index contributed by atoms with van der Waals surface area (Å²) >= 11 is 6.43. The van der Waals surface area contributed by atoms with Crippen molar-refractivity contribution in [2.75, 3.05) is 13.7 Å². The molecule has 0 radical (unpaired) electrons. The van der Waals surface area contributed by atoms with Gasteiger partial charge in [0.15, 0.2) is 0 Å². The van der Waals surface area contributed by atoms with Crippen molar-refractivity contribution in [3.63, 3.8) is 0 Å². The molecule has 1 atom stereocenters.